The van der Waals surface area contributed by atoms with Crippen molar-refractivity contribution in [3.8, 4) is 0 Å². The smallest absolute Gasteiger partial charge is 0.317 e. The molecule has 0 fully saturated rings. The maximum Gasteiger partial charge on any atom is 0.317 e. The first kappa shape index (κ1) is 41.8. The number of aliphatic carboxylic acids is 3. The van der Waals surface area contributed by atoms with Crippen molar-refractivity contribution in [1.82, 2.24) is 20.0 Å². The quantitative estimate of drug-likeness (QED) is 0.0595. The number of carbonyl (C=O) groups is 4. The van der Waals surface area contributed by atoms with Crippen LogP contribution in [0.2, 0.25) is 0 Å². The normalized spacial score (nSPS) is 12.2. The molecule has 0 aromatic carbocycles. The number of carboxylic acids is 3. The average molecular weight is 627 g/mol. The summed E-state index contributed by atoms with van der Waals surface area (Å²) in [6, 6.07) is -0.296. The molecule has 1 atom stereocenters. The number of carboxylic acid groups (broad SMARTS) is 3. The van der Waals surface area contributed by atoms with E-state index in [2.05, 4.69) is 19.2 Å². The first-order chi connectivity index (χ1) is 21.1. The molecule has 0 heterocycles. The standard InChI is InChI=1S/C33H62N4O7/c1-4-6-8-10-12-14-16-18-20-29(35(3)25-30(38)34-21-19-17-15-13-11-9-7-5-2)24-36(26-31(39)40)22-23-37(27-32(41)42)28-33(43)44/h3,29H,4-28H2,1-2H3,(H,34,38)(H,39,40)(H,41,42)(H,43,44). The molecule has 0 aliphatic carbocycles. The molecule has 11 nitrogen and oxygen atoms in total. The van der Waals surface area contributed by atoms with Gasteiger partial charge in [0, 0.05) is 39.3 Å². The maximum atomic E-state index is 12.7. The summed E-state index contributed by atoms with van der Waals surface area (Å²) in [6.45, 7) is 4.24. The van der Waals surface area contributed by atoms with Crippen LogP contribution in [0.5, 0.6) is 0 Å². The lowest BCUT2D eigenvalue weighted by atomic mass is 10.0. The van der Waals surface area contributed by atoms with Crippen LogP contribution in [-0.2, 0) is 19.2 Å². The first-order valence-electron chi connectivity index (χ1n) is 17.0. The van der Waals surface area contributed by atoms with E-state index < -0.39 is 31.0 Å². The number of hydrogen-bond donors (Lipinski definition) is 4. The highest BCUT2D eigenvalue weighted by atomic mass is 16.4. The summed E-state index contributed by atoms with van der Waals surface area (Å²) in [5.74, 6) is -3.54. The number of carbonyl (C=O) groups excluding carboxylic acids is 1. The third-order valence-electron chi connectivity index (χ3n) is 7.82. The Morgan fingerprint density at radius 3 is 1.48 bits per heavy atom. The van der Waals surface area contributed by atoms with Crippen LogP contribution in [0.25, 0.3) is 0 Å². The fraction of sp³-hybridized carbons (Fsp3) is 0.848. The van der Waals surface area contributed by atoms with E-state index in [0.29, 0.717) is 13.0 Å². The summed E-state index contributed by atoms with van der Waals surface area (Å²) < 4.78 is 0. The summed E-state index contributed by atoms with van der Waals surface area (Å²) in [6.07, 6.45) is 19.2. The Bertz CT molecular complexity index is 752. The summed E-state index contributed by atoms with van der Waals surface area (Å²) in [4.78, 5) is 51.1. The number of nitrogens with one attached hydrogen (secondary N) is 1. The fourth-order valence-electron chi connectivity index (χ4n) is 5.32. The van der Waals surface area contributed by atoms with E-state index in [0.717, 1.165) is 32.1 Å². The average Bonchev–Trinajstić information content (AvgIpc) is 2.94. The van der Waals surface area contributed by atoms with Gasteiger partial charge in [-0.15, -0.1) is 0 Å². The van der Waals surface area contributed by atoms with Crippen LogP contribution < -0.4 is 5.32 Å². The molecule has 1 unspecified atom stereocenters. The molecule has 11 heteroatoms. The Labute approximate surface area is 266 Å². The number of rotatable bonds is 32. The van der Waals surface area contributed by atoms with Crippen LogP contribution in [0.3, 0.4) is 0 Å². The lowest BCUT2D eigenvalue weighted by Gasteiger charge is -2.33. The molecule has 0 aliphatic rings. The monoisotopic (exact) mass is 626 g/mol. The van der Waals surface area contributed by atoms with Gasteiger partial charge in [0.15, 0.2) is 0 Å². The summed E-state index contributed by atoms with van der Waals surface area (Å²) in [7, 11) is 6.42. The summed E-state index contributed by atoms with van der Waals surface area (Å²) in [5.41, 5.74) is 0. The predicted molar refractivity (Wildman–Crippen MR) is 173 cm³/mol. The zero-order valence-electron chi connectivity index (χ0n) is 27.6. The van der Waals surface area contributed by atoms with Crippen molar-refractivity contribution >= 4 is 23.8 Å². The third-order valence-corrected chi connectivity index (χ3v) is 7.82. The number of amides is 1. The molecular formula is C33H62N4O7. The second-order valence-corrected chi connectivity index (χ2v) is 12.0. The van der Waals surface area contributed by atoms with E-state index in [-0.39, 0.29) is 44.7 Å². The van der Waals surface area contributed by atoms with Crippen molar-refractivity contribution in [1.29, 1.82) is 0 Å². The molecule has 4 N–H and O–H groups in total. The Balaban J connectivity index is 5.08. The third kappa shape index (κ3) is 26.2. The molecular weight excluding hydrogens is 564 g/mol. The molecule has 0 saturated heterocycles. The van der Waals surface area contributed by atoms with Crippen LogP contribution in [0, 0.1) is 7.05 Å². The van der Waals surface area contributed by atoms with Gasteiger partial charge in [0.2, 0.25) is 5.91 Å². The fourth-order valence-corrected chi connectivity index (χ4v) is 5.32. The number of hydrogen-bond acceptors (Lipinski definition) is 7. The van der Waals surface area contributed by atoms with Gasteiger partial charge in [-0.1, -0.05) is 110 Å². The van der Waals surface area contributed by atoms with E-state index in [9.17, 15) is 24.3 Å². The molecule has 0 spiro atoms. The van der Waals surface area contributed by atoms with Gasteiger partial charge < -0.3 is 20.6 Å². The number of unbranched alkanes of at least 4 members (excludes halogenated alkanes) is 14. The van der Waals surface area contributed by atoms with Crippen LogP contribution in [-0.4, -0.2) is 112 Å². The SMILES string of the molecule is [CH]N(CC(=O)NCCCCCCCCCC)C(CCCCCCCCCC)CN(CCN(CC(=O)O)CC(=O)O)CC(=O)O. The molecule has 0 aliphatic heterocycles. The van der Waals surface area contributed by atoms with E-state index >= 15 is 0 Å². The molecule has 0 saturated carbocycles. The van der Waals surface area contributed by atoms with Crippen LogP contribution in [0.1, 0.15) is 123 Å². The number of nitrogens with zero attached hydrogens (tertiary/aromatic N) is 3. The first-order valence-corrected chi connectivity index (χ1v) is 17.0. The topological polar surface area (TPSA) is 151 Å². The van der Waals surface area contributed by atoms with Gasteiger partial charge in [0.1, 0.15) is 0 Å². The zero-order valence-corrected chi connectivity index (χ0v) is 27.6. The molecule has 44 heavy (non-hydrogen) atoms. The molecule has 0 bridgehead atoms. The zero-order chi connectivity index (χ0) is 33.0. The highest BCUT2D eigenvalue weighted by Gasteiger charge is 2.23. The second-order valence-electron chi connectivity index (χ2n) is 12.0. The van der Waals surface area contributed by atoms with Crippen molar-refractivity contribution in [3.63, 3.8) is 0 Å². The van der Waals surface area contributed by atoms with E-state index in [1.54, 1.807) is 4.90 Å². The van der Waals surface area contributed by atoms with Gasteiger partial charge in [-0.3, -0.25) is 33.9 Å². The lowest BCUT2D eigenvalue weighted by Crippen LogP contribution is -2.48. The van der Waals surface area contributed by atoms with Crippen LogP contribution in [0.15, 0.2) is 0 Å². The van der Waals surface area contributed by atoms with E-state index in [4.69, 9.17) is 17.3 Å². The highest BCUT2D eigenvalue weighted by Crippen LogP contribution is 2.15. The molecule has 256 valence electrons. The minimum atomic E-state index is -1.16. The van der Waals surface area contributed by atoms with Crippen LogP contribution >= 0.6 is 0 Å². The van der Waals surface area contributed by atoms with Crippen molar-refractivity contribution in [3.05, 3.63) is 7.05 Å². The van der Waals surface area contributed by atoms with Crippen molar-refractivity contribution in [2.45, 2.75) is 129 Å². The molecule has 1 amide bonds. The molecule has 0 rings (SSSR count). The summed E-state index contributed by atoms with van der Waals surface area (Å²) in [5, 5.41) is 30.8. The van der Waals surface area contributed by atoms with Gasteiger partial charge in [-0.2, -0.15) is 0 Å². The van der Waals surface area contributed by atoms with E-state index in [1.165, 1.54) is 80.4 Å². The van der Waals surface area contributed by atoms with Crippen molar-refractivity contribution in [2.24, 2.45) is 0 Å². The van der Waals surface area contributed by atoms with Gasteiger partial charge in [-0.25, -0.2) is 0 Å². The van der Waals surface area contributed by atoms with Crippen molar-refractivity contribution < 1.29 is 34.5 Å². The largest absolute Gasteiger partial charge is 0.480 e. The Hall–Kier alpha value is -2.24. The summed E-state index contributed by atoms with van der Waals surface area (Å²) >= 11 is 0. The Kier molecular flexibility index (Phi) is 26.8. The van der Waals surface area contributed by atoms with E-state index in [1.807, 2.05) is 0 Å². The van der Waals surface area contributed by atoms with Gasteiger partial charge in [0.25, 0.3) is 0 Å². The van der Waals surface area contributed by atoms with Gasteiger partial charge in [0.05, 0.1) is 26.2 Å². The minimum Gasteiger partial charge on any atom is -0.480 e. The van der Waals surface area contributed by atoms with Gasteiger partial charge in [-0.05, 0) is 12.8 Å². The second kappa shape index (κ2) is 28.2. The Morgan fingerprint density at radius 1 is 0.591 bits per heavy atom. The van der Waals surface area contributed by atoms with Crippen molar-refractivity contribution in [2.75, 3.05) is 52.4 Å². The molecule has 0 aromatic heterocycles. The lowest BCUT2D eigenvalue weighted by molar-refractivity contribution is -0.143. The molecule has 2 radical (unpaired) electrons. The molecule has 0 aromatic rings. The Morgan fingerprint density at radius 2 is 1.00 bits per heavy atom. The van der Waals surface area contributed by atoms with Crippen LogP contribution in [0.4, 0.5) is 0 Å². The predicted octanol–water partition coefficient (Wildman–Crippen LogP) is 4.97. The van der Waals surface area contributed by atoms with Gasteiger partial charge >= 0.3 is 17.9 Å². The maximum absolute atomic E-state index is 12.7. The minimum absolute atomic E-state index is 0.0102. The highest BCUT2D eigenvalue weighted by molar-refractivity contribution is 5.78.